The zero-order valence-corrected chi connectivity index (χ0v) is 10.8. The fraction of sp³-hybridized carbons (Fsp3) is 0.800. The van der Waals surface area contributed by atoms with Gasteiger partial charge in [0.05, 0.1) is 0 Å². The van der Waals surface area contributed by atoms with Crippen LogP contribution in [0.1, 0.15) is 30.7 Å². The minimum Gasteiger partial charge on any atom is -0.317 e. The quantitative estimate of drug-likeness (QED) is 0.885. The lowest BCUT2D eigenvalue weighted by molar-refractivity contribution is 0.402. The van der Waals surface area contributed by atoms with Gasteiger partial charge in [0.1, 0.15) is 5.01 Å². The van der Waals surface area contributed by atoms with E-state index >= 15 is 0 Å². The van der Waals surface area contributed by atoms with E-state index in [1.807, 2.05) is 18.7 Å². The van der Waals surface area contributed by atoms with Gasteiger partial charge in [0, 0.05) is 11.3 Å². The van der Waals surface area contributed by atoms with Crippen LogP contribution in [-0.4, -0.2) is 28.5 Å². The van der Waals surface area contributed by atoms with Crippen LogP contribution in [0.5, 0.6) is 0 Å². The van der Waals surface area contributed by atoms with Gasteiger partial charge in [0.15, 0.2) is 4.34 Å². The van der Waals surface area contributed by atoms with Crippen molar-refractivity contribution < 1.29 is 0 Å². The molecule has 1 fully saturated rings. The van der Waals surface area contributed by atoms with Gasteiger partial charge >= 0.3 is 0 Å². The Balaban J connectivity index is 1.88. The highest BCUT2D eigenvalue weighted by Crippen LogP contribution is 2.34. The van der Waals surface area contributed by atoms with Crippen LogP contribution >= 0.6 is 23.1 Å². The molecular formula is C10H17N3S2. The molecule has 2 rings (SSSR count). The highest BCUT2D eigenvalue weighted by atomic mass is 32.2. The molecule has 1 heterocycles. The summed E-state index contributed by atoms with van der Waals surface area (Å²) in [6.07, 6.45) is 5.24. The van der Waals surface area contributed by atoms with E-state index in [-0.39, 0.29) is 0 Å². The molecule has 2 unspecified atom stereocenters. The van der Waals surface area contributed by atoms with Gasteiger partial charge in [-0.1, -0.05) is 29.5 Å². The molecule has 1 aliphatic carbocycles. The first-order chi connectivity index (χ1) is 7.28. The number of nitrogens with zero attached hydrogens (tertiary/aromatic N) is 2. The smallest absolute Gasteiger partial charge is 0.174 e. The van der Waals surface area contributed by atoms with Crippen LogP contribution in [0.2, 0.25) is 0 Å². The van der Waals surface area contributed by atoms with Gasteiger partial charge < -0.3 is 5.32 Å². The topological polar surface area (TPSA) is 37.8 Å². The van der Waals surface area contributed by atoms with E-state index in [9.17, 15) is 0 Å². The number of aromatic nitrogens is 2. The van der Waals surface area contributed by atoms with E-state index in [2.05, 4.69) is 22.6 Å². The zero-order valence-electron chi connectivity index (χ0n) is 9.19. The first kappa shape index (κ1) is 11.4. The summed E-state index contributed by atoms with van der Waals surface area (Å²) in [4.78, 5) is 0. The molecule has 84 valence electrons. The fourth-order valence-corrected chi connectivity index (χ4v) is 4.35. The summed E-state index contributed by atoms with van der Waals surface area (Å²) in [7, 11) is 2.06. The molecular weight excluding hydrogens is 226 g/mol. The van der Waals surface area contributed by atoms with Crippen molar-refractivity contribution in [2.24, 2.45) is 0 Å². The predicted octanol–water partition coefficient (Wildman–Crippen LogP) is 2.47. The van der Waals surface area contributed by atoms with E-state index in [0.29, 0.717) is 6.04 Å². The van der Waals surface area contributed by atoms with Crippen molar-refractivity contribution in [3.63, 3.8) is 0 Å². The number of hydrogen-bond donors (Lipinski definition) is 1. The lowest BCUT2D eigenvalue weighted by Gasteiger charge is -2.27. The average molecular weight is 243 g/mol. The molecule has 3 nitrogen and oxygen atoms in total. The zero-order chi connectivity index (χ0) is 10.7. The molecule has 0 aromatic carbocycles. The van der Waals surface area contributed by atoms with Crippen LogP contribution < -0.4 is 5.32 Å². The Morgan fingerprint density at radius 2 is 2.27 bits per heavy atom. The standard InChI is InChI=1S/C10H17N3S2/c1-7-12-13-10(14-7)15-9-5-3-4-8(6-9)11-2/h8-9,11H,3-6H2,1-2H3. The molecule has 15 heavy (non-hydrogen) atoms. The van der Waals surface area contributed by atoms with Gasteiger partial charge in [-0.25, -0.2) is 0 Å². The number of rotatable bonds is 3. The van der Waals surface area contributed by atoms with Crippen molar-refractivity contribution in [2.45, 2.75) is 48.2 Å². The molecule has 0 bridgehead atoms. The lowest BCUT2D eigenvalue weighted by atomic mass is 9.95. The second-order valence-corrected chi connectivity index (χ2v) is 6.71. The van der Waals surface area contributed by atoms with Crippen molar-refractivity contribution in [2.75, 3.05) is 7.05 Å². The minimum absolute atomic E-state index is 0.699. The molecule has 1 aromatic heterocycles. The summed E-state index contributed by atoms with van der Waals surface area (Å²) in [6, 6.07) is 0.699. The third-order valence-corrected chi connectivity index (χ3v) is 5.03. The minimum atomic E-state index is 0.699. The monoisotopic (exact) mass is 243 g/mol. The number of thioether (sulfide) groups is 1. The molecule has 0 aliphatic heterocycles. The molecule has 0 amide bonds. The van der Waals surface area contributed by atoms with Crippen molar-refractivity contribution in [3.05, 3.63) is 5.01 Å². The summed E-state index contributed by atoms with van der Waals surface area (Å²) in [5, 5.41) is 13.4. The summed E-state index contributed by atoms with van der Waals surface area (Å²) in [5.41, 5.74) is 0. The Kier molecular flexibility index (Phi) is 3.99. The molecule has 2 atom stereocenters. The highest BCUT2D eigenvalue weighted by molar-refractivity contribution is 8.01. The van der Waals surface area contributed by atoms with E-state index in [0.717, 1.165) is 14.6 Å². The van der Waals surface area contributed by atoms with Crippen LogP contribution in [-0.2, 0) is 0 Å². The van der Waals surface area contributed by atoms with E-state index < -0.39 is 0 Å². The lowest BCUT2D eigenvalue weighted by Crippen LogP contribution is -2.32. The third kappa shape index (κ3) is 3.16. The highest BCUT2D eigenvalue weighted by Gasteiger charge is 2.22. The fourth-order valence-electron chi connectivity index (χ4n) is 1.98. The summed E-state index contributed by atoms with van der Waals surface area (Å²) in [6.45, 7) is 2.01. The van der Waals surface area contributed by atoms with Gasteiger partial charge in [-0.05, 0) is 33.2 Å². The van der Waals surface area contributed by atoms with Crippen LogP contribution in [0.25, 0.3) is 0 Å². The van der Waals surface area contributed by atoms with Crippen molar-refractivity contribution in [3.8, 4) is 0 Å². The second kappa shape index (κ2) is 5.27. The second-order valence-electron chi connectivity index (χ2n) is 3.98. The molecule has 1 saturated carbocycles. The first-order valence-electron chi connectivity index (χ1n) is 5.42. The van der Waals surface area contributed by atoms with Crippen molar-refractivity contribution >= 4 is 23.1 Å². The molecule has 0 saturated heterocycles. The maximum absolute atomic E-state index is 4.17. The number of hydrogen-bond acceptors (Lipinski definition) is 5. The molecule has 0 spiro atoms. The van der Waals surface area contributed by atoms with Gasteiger partial charge in [-0.3, -0.25) is 0 Å². The van der Waals surface area contributed by atoms with Gasteiger partial charge in [-0.15, -0.1) is 10.2 Å². The summed E-state index contributed by atoms with van der Waals surface area (Å²) >= 11 is 3.62. The Morgan fingerprint density at radius 3 is 2.93 bits per heavy atom. The Hall–Kier alpha value is -0.130. The largest absolute Gasteiger partial charge is 0.317 e. The van der Waals surface area contributed by atoms with Crippen LogP contribution in [0.15, 0.2) is 4.34 Å². The maximum atomic E-state index is 4.17. The summed E-state index contributed by atoms with van der Waals surface area (Å²) < 4.78 is 1.13. The Morgan fingerprint density at radius 1 is 1.40 bits per heavy atom. The molecule has 5 heteroatoms. The van der Waals surface area contributed by atoms with Gasteiger partial charge in [-0.2, -0.15) is 0 Å². The normalized spacial score (nSPS) is 26.8. The Labute approximate surface area is 99.1 Å². The van der Waals surface area contributed by atoms with E-state index in [4.69, 9.17) is 0 Å². The number of nitrogens with one attached hydrogen (secondary N) is 1. The van der Waals surface area contributed by atoms with E-state index in [1.54, 1.807) is 11.3 Å². The van der Waals surface area contributed by atoms with Crippen molar-refractivity contribution in [1.82, 2.24) is 15.5 Å². The Bertz CT molecular complexity index is 313. The molecule has 1 aliphatic rings. The average Bonchev–Trinajstić information content (AvgIpc) is 2.64. The van der Waals surface area contributed by atoms with Crippen LogP contribution in [0, 0.1) is 6.92 Å². The van der Waals surface area contributed by atoms with Crippen molar-refractivity contribution in [1.29, 1.82) is 0 Å². The van der Waals surface area contributed by atoms with E-state index in [1.165, 1.54) is 25.7 Å². The molecule has 1 aromatic rings. The first-order valence-corrected chi connectivity index (χ1v) is 7.11. The third-order valence-electron chi connectivity index (χ3n) is 2.81. The van der Waals surface area contributed by atoms with Gasteiger partial charge in [0.25, 0.3) is 0 Å². The van der Waals surface area contributed by atoms with Crippen LogP contribution in [0.4, 0.5) is 0 Å². The molecule has 1 N–H and O–H groups in total. The van der Waals surface area contributed by atoms with Gasteiger partial charge in [0.2, 0.25) is 0 Å². The van der Waals surface area contributed by atoms with Crippen LogP contribution in [0.3, 0.4) is 0 Å². The predicted molar refractivity (Wildman–Crippen MR) is 65.6 cm³/mol. The molecule has 0 radical (unpaired) electrons. The summed E-state index contributed by atoms with van der Waals surface area (Å²) in [5.74, 6) is 0. The maximum Gasteiger partial charge on any atom is 0.174 e. The SMILES string of the molecule is CNC1CCCC(Sc2nnc(C)s2)C1. The number of aryl methyl sites for hydroxylation is 1.